The van der Waals surface area contributed by atoms with Crippen molar-refractivity contribution in [3.63, 3.8) is 0 Å². The average Bonchev–Trinajstić information content (AvgIpc) is 2.52. The largest absolute Gasteiger partial charge is 0.483 e. The molecule has 1 N–H and O–H groups in total. The SMILES string of the molecule is C[C@H](NC(=O)COc1ccccc1C(F)(F)F)c1ccccc1Cl. The minimum atomic E-state index is -4.54. The molecule has 0 unspecified atom stereocenters. The van der Waals surface area contributed by atoms with Gasteiger partial charge in [0.05, 0.1) is 11.6 Å². The van der Waals surface area contributed by atoms with Gasteiger partial charge < -0.3 is 10.1 Å². The molecule has 2 rings (SSSR count). The first-order valence-corrected chi connectivity index (χ1v) is 7.49. The van der Waals surface area contributed by atoms with Crippen LogP contribution >= 0.6 is 11.6 Å². The summed E-state index contributed by atoms with van der Waals surface area (Å²) in [7, 11) is 0. The van der Waals surface area contributed by atoms with E-state index >= 15 is 0 Å². The fourth-order valence-electron chi connectivity index (χ4n) is 2.16. The summed E-state index contributed by atoms with van der Waals surface area (Å²) in [6, 6.07) is 11.3. The molecule has 0 aliphatic rings. The number of hydrogen-bond acceptors (Lipinski definition) is 2. The number of amides is 1. The zero-order valence-electron chi connectivity index (χ0n) is 12.7. The second-order valence-corrected chi connectivity index (χ2v) is 5.50. The standard InChI is InChI=1S/C17H15ClF3NO2/c1-11(12-6-2-4-8-14(12)18)22-16(23)10-24-15-9-5-3-7-13(15)17(19,20)21/h2-9,11H,10H2,1H3,(H,22,23)/t11-/m0/s1. The Kier molecular flexibility index (Phi) is 5.72. The van der Waals surface area contributed by atoms with Crippen LogP contribution in [-0.4, -0.2) is 12.5 Å². The molecule has 2 aromatic carbocycles. The summed E-state index contributed by atoms with van der Waals surface area (Å²) >= 11 is 6.04. The maximum Gasteiger partial charge on any atom is 0.419 e. The molecule has 1 amide bonds. The molecular formula is C17H15ClF3NO2. The Hall–Kier alpha value is -2.21. The molecule has 0 radical (unpaired) electrons. The van der Waals surface area contributed by atoms with Crippen LogP contribution in [0.5, 0.6) is 5.75 Å². The van der Waals surface area contributed by atoms with Gasteiger partial charge in [0.2, 0.25) is 0 Å². The molecule has 1 atom stereocenters. The summed E-state index contributed by atoms with van der Waals surface area (Å²) in [4.78, 5) is 11.9. The fourth-order valence-corrected chi connectivity index (χ4v) is 2.46. The maximum absolute atomic E-state index is 12.9. The number of rotatable bonds is 5. The third-order valence-corrected chi connectivity index (χ3v) is 3.64. The van der Waals surface area contributed by atoms with E-state index < -0.39 is 30.3 Å². The second-order valence-electron chi connectivity index (χ2n) is 5.09. The Morgan fingerprint density at radius 1 is 1.17 bits per heavy atom. The van der Waals surface area contributed by atoms with Crippen molar-refractivity contribution in [1.29, 1.82) is 0 Å². The Morgan fingerprint density at radius 2 is 1.79 bits per heavy atom. The lowest BCUT2D eigenvalue weighted by molar-refractivity contribution is -0.139. The van der Waals surface area contributed by atoms with Crippen LogP contribution in [0.4, 0.5) is 13.2 Å². The Morgan fingerprint density at radius 3 is 2.46 bits per heavy atom. The number of ether oxygens (including phenoxy) is 1. The summed E-state index contributed by atoms with van der Waals surface area (Å²) in [5.74, 6) is -0.926. The molecular weight excluding hydrogens is 343 g/mol. The number of halogens is 4. The van der Waals surface area contributed by atoms with Crippen LogP contribution in [0.1, 0.15) is 24.1 Å². The normalized spacial score (nSPS) is 12.5. The number of nitrogens with one attached hydrogen (secondary N) is 1. The van der Waals surface area contributed by atoms with E-state index in [9.17, 15) is 18.0 Å². The van der Waals surface area contributed by atoms with Crippen molar-refractivity contribution in [1.82, 2.24) is 5.32 Å². The van der Waals surface area contributed by atoms with Crippen LogP contribution in [0.2, 0.25) is 5.02 Å². The quantitative estimate of drug-likeness (QED) is 0.848. The van der Waals surface area contributed by atoms with Gasteiger partial charge in [0.15, 0.2) is 6.61 Å². The molecule has 0 bridgehead atoms. The number of alkyl halides is 3. The minimum absolute atomic E-state index is 0.384. The van der Waals surface area contributed by atoms with Gasteiger partial charge in [0.25, 0.3) is 5.91 Å². The minimum Gasteiger partial charge on any atom is -0.483 e. The van der Waals surface area contributed by atoms with Gasteiger partial charge in [-0.15, -0.1) is 0 Å². The van der Waals surface area contributed by atoms with Gasteiger partial charge in [-0.1, -0.05) is 41.9 Å². The maximum atomic E-state index is 12.9. The third kappa shape index (κ3) is 4.64. The summed E-state index contributed by atoms with van der Waals surface area (Å²) in [5.41, 5.74) is -0.208. The topological polar surface area (TPSA) is 38.3 Å². The third-order valence-electron chi connectivity index (χ3n) is 3.30. The lowest BCUT2D eigenvalue weighted by atomic mass is 10.1. The van der Waals surface area contributed by atoms with Gasteiger partial charge in [-0.25, -0.2) is 0 Å². The van der Waals surface area contributed by atoms with Crippen LogP contribution in [0.25, 0.3) is 0 Å². The predicted molar refractivity (Wildman–Crippen MR) is 84.9 cm³/mol. The van der Waals surface area contributed by atoms with Crippen LogP contribution in [0.15, 0.2) is 48.5 Å². The van der Waals surface area contributed by atoms with Crippen LogP contribution in [0, 0.1) is 0 Å². The van der Waals surface area contributed by atoms with Crippen LogP contribution < -0.4 is 10.1 Å². The molecule has 0 aliphatic carbocycles. The van der Waals surface area contributed by atoms with E-state index in [1.807, 2.05) is 0 Å². The summed E-state index contributed by atoms with van der Waals surface area (Å²) < 4.78 is 43.6. The van der Waals surface area contributed by atoms with Gasteiger partial charge >= 0.3 is 6.18 Å². The number of hydrogen-bond donors (Lipinski definition) is 1. The van der Waals surface area contributed by atoms with E-state index in [0.29, 0.717) is 10.6 Å². The van der Waals surface area contributed by atoms with Gasteiger partial charge in [-0.05, 0) is 30.7 Å². The molecule has 128 valence electrons. The molecule has 0 fully saturated rings. The van der Waals surface area contributed by atoms with Crippen molar-refractivity contribution in [2.45, 2.75) is 19.1 Å². The van der Waals surface area contributed by atoms with E-state index in [1.165, 1.54) is 18.2 Å². The van der Waals surface area contributed by atoms with E-state index in [4.69, 9.17) is 16.3 Å². The van der Waals surface area contributed by atoms with Crippen molar-refractivity contribution in [3.05, 3.63) is 64.7 Å². The van der Waals surface area contributed by atoms with Gasteiger partial charge in [-0.3, -0.25) is 4.79 Å². The fraction of sp³-hybridized carbons (Fsp3) is 0.235. The monoisotopic (exact) mass is 357 g/mol. The molecule has 0 saturated carbocycles. The van der Waals surface area contributed by atoms with Gasteiger partial charge in [0, 0.05) is 5.02 Å². The number of para-hydroxylation sites is 1. The highest BCUT2D eigenvalue weighted by molar-refractivity contribution is 6.31. The number of carbonyl (C=O) groups is 1. The predicted octanol–water partition coefficient (Wildman–Crippen LogP) is 4.62. The van der Waals surface area contributed by atoms with Crippen molar-refractivity contribution in [2.24, 2.45) is 0 Å². The van der Waals surface area contributed by atoms with Crippen LogP contribution in [0.3, 0.4) is 0 Å². The highest BCUT2D eigenvalue weighted by Gasteiger charge is 2.34. The highest BCUT2D eigenvalue weighted by atomic mass is 35.5. The first-order chi connectivity index (χ1) is 11.3. The average molecular weight is 358 g/mol. The van der Waals surface area contributed by atoms with E-state index in [1.54, 1.807) is 31.2 Å². The summed E-state index contributed by atoms with van der Waals surface area (Å²) in [6.45, 7) is 1.20. The molecule has 0 aromatic heterocycles. The zero-order valence-corrected chi connectivity index (χ0v) is 13.5. The molecule has 7 heteroatoms. The van der Waals surface area contributed by atoms with E-state index in [-0.39, 0.29) is 5.75 Å². The van der Waals surface area contributed by atoms with Crippen molar-refractivity contribution in [2.75, 3.05) is 6.61 Å². The Balaban J connectivity index is 1.98. The van der Waals surface area contributed by atoms with Crippen LogP contribution in [-0.2, 0) is 11.0 Å². The van der Waals surface area contributed by atoms with Crippen molar-refractivity contribution >= 4 is 17.5 Å². The zero-order chi connectivity index (χ0) is 17.7. The van der Waals surface area contributed by atoms with Crippen molar-refractivity contribution in [3.8, 4) is 5.75 Å². The Bertz CT molecular complexity index is 719. The van der Waals surface area contributed by atoms with Crippen molar-refractivity contribution < 1.29 is 22.7 Å². The number of benzene rings is 2. The molecule has 3 nitrogen and oxygen atoms in total. The number of carbonyl (C=O) groups excluding carboxylic acids is 1. The van der Waals surface area contributed by atoms with E-state index in [0.717, 1.165) is 6.07 Å². The molecule has 0 aliphatic heterocycles. The smallest absolute Gasteiger partial charge is 0.419 e. The molecule has 0 spiro atoms. The molecule has 2 aromatic rings. The highest BCUT2D eigenvalue weighted by Crippen LogP contribution is 2.35. The molecule has 0 heterocycles. The Labute approximate surface area is 142 Å². The second kappa shape index (κ2) is 7.57. The molecule has 24 heavy (non-hydrogen) atoms. The first-order valence-electron chi connectivity index (χ1n) is 7.12. The first kappa shape index (κ1) is 18.1. The lowest BCUT2D eigenvalue weighted by Crippen LogP contribution is -2.31. The molecule has 0 saturated heterocycles. The van der Waals surface area contributed by atoms with E-state index in [2.05, 4.69) is 5.32 Å². The van der Waals surface area contributed by atoms with Gasteiger partial charge in [0.1, 0.15) is 5.75 Å². The summed E-state index contributed by atoms with van der Waals surface area (Å²) in [6.07, 6.45) is -4.54. The lowest BCUT2D eigenvalue weighted by Gasteiger charge is -2.17. The summed E-state index contributed by atoms with van der Waals surface area (Å²) in [5, 5.41) is 3.13. The van der Waals surface area contributed by atoms with Gasteiger partial charge in [-0.2, -0.15) is 13.2 Å².